The number of amides is 1. The molecule has 0 unspecified atom stereocenters. The van der Waals surface area contributed by atoms with Gasteiger partial charge < -0.3 is 9.80 Å². The Balaban J connectivity index is 1.28. The maximum atomic E-state index is 14.1. The van der Waals surface area contributed by atoms with Crippen LogP contribution in [-0.2, 0) is 21.2 Å². The van der Waals surface area contributed by atoms with Crippen molar-refractivity contribution in [2.24, 2.45) is 11.1 Å². The number of carbonyl (C=O) groups is 1. The predicted molar refractivity (Wildman–Crippen MR) is 126 cm³/mol. The van der Waals surface area contributed by atoms with Crippen molar-refractivity contribution in [3.8, 4) is 11.1 Å². The molecule has 5 rings (SSSR count). The zero-order valence-electron chi connectivity index (χ0n) is 17.5. The van der Waals surface area contributed by atoms with Crippen molar-refractivity contribution in [2.45, 2.75) is 11.3 Å². The molecule has 3 aromatic rings. The molecule has 0 atom stereocenters. The molecule has 1 amide bonds. The zero-order valence-corrected chi connectivity index (χ0v) is 19.1. The van der Waals surface area contributed by atoms with Gasteiger partial charge in [0, 0.05) is 41.6 Å². The van der Waals surface area contributed by atoms with Crippen molar-refractivity contribution in [3.63, 3.8) is 0 Å². The third-order valence-corrected chi connectivity index (χ3v) is 7.50. The fourth-order valence-electron chi connectivity index (χ4n) is 4.45. The molecule has 2 aliphatic rings. The lowest BCUT2D eigenvalue weighted by molar-refractivity contribution is -0.123. The molecule has 0 saturated carbocycles. The molecule has 2 N–H and O–H groups in total. The van der Waals surface area contributed by atoms with E-state index in [-0.39, 0.29) is 11.8 Å². The number of hydrogen-bond acceptors (Lipinski definition) is 4. The third-order valence-electron chi connectivity index (χ3n) is 6.25. The summed E-state index contributed by atoms with van der Waals surface area (Å²) in [6.07, 6.45) is 0.475. The normalized spacial score (nSPS) is 16.0. The van der Waals surface area contributed by atoms with Gasteiger partial charge in [0.05, 0.1) is 5.92 Å². The van der Waals surface area contributed by atoms with Gasteiger partial charge in [-0.05, 0) is 47.9 Å². The summed E-state index contributed by atoms with van der Waals surface area (Å²) in [6, 6.07) is 18.0. The van der Waals surface area contributed by atoms with E-state index in [1.54, 1.807) is 4.90 Å². The molecule has 0 aliphatic carbocycles. The molecule has 9 heteroatoms. The SMILES string of the molecule is NS(=O)(=O)c1cc2c(cc1F)CCN2C(=O)C1CN(c2ccc(-c3ccccc3Cl)cc2)C1. The molecule has 0 radical (unpaired) electrons. The third kappa shape index (κ3) is 3.99. The molecule has 6 nitrogen and oxygen atoms in total. The van der Waals surface area contributed by atoms with Gasteiger partial charge in [-0.1, -0.05) is 41.9 Å². The Morgan fingerprint density at radius 2 is 1.76 bits per heavy atom. The number of rotatable bonds is 4. The van der Waals surface area contributed by atoms with Crippen LogP contribution in [0.3, 0.4) is 0 Å². The highest BCUT2D eigenvalue weighted by atomic mass is 35.5. The molecule has 33 heavy (non-hydrogen) atoms. The number of primary sulfonamides is 1. The summed E-state index contributed by atoms with van der Waals surface area (Å²) in [4.78, 5) is 16.2. The first-order chi connectivity index (χ1) is 15.7. The van der Waals surface area contributed by atoms with E-state index >= 15 is 0 Å². The molecular formula is C24H21ClFN3O3S. The van der Waals surface area contributed by atoms with Gasteiger partial charge in [0.25, 0.3) is 0 Å². The fourth-order valence-corrected chi connectivity index (χ4v) is 5.30. The van der Waals surface area contributed by atoms with E-state index in [2.05, 4.69) is 4.90 Å². The van der Waals surface area contributed by atoms with Crippen molar-refractivity contribution < 1.29 is 17.6 Å². The van der Waals surface area contributed by atoms with Crippen molar-refractivity contribution in [3.05, 3.63) is 77.1 Å². The standard InChI is InChI=1S/C24H21ClFN3O3S/c25-20-4-2-1-3-19(20)15-5-7-18(8-6-15)28-13-17(14-28)24(30)29-10-9-16-11-21(26)23(12-22(16)29)33(27,31)32/h1-8,11-12,17H,9-10,13-14H2,(H2,27,31,32). The number of nitrogens with zero attached hydrogens (tertiary/aromatic N) is 2. The molecular weight excluding hydrogens is 465 g/mol. The van der Waals surface area contributed by atoms with Crippen LogP contribution in [-0.4, -0.2) is 34.0 Å². The Hall–Kier alpha value is -2.94. The summed E-state index contributed by atoms with van der Waals surface area (Å²) < 4.78 is 37.5. The van der Waals surface area contributed by atoms with Gasteiger partial charge in [-0.25, -0.2) is 17.9 Å². The second kappa shape index (κ2) is 8.13. The number of carbonyl (C=O) groups excluding carboxylic acids is 1. The molecule has 0 bridgehead atoms. The van der Waals surface area contributed by atoms with Crippen LogP contribution in [0.4, 0.5) is 15.8 Å². The van der Waals surface area contributed by atoms with E-state index in [4.69, 9.17) is 16.7 Å². The minimum atomic E-state index is -4.22. The van der Waals surface area contributed by atoms with Crippen molar-refractivity contribution in [2.75, 3.05) is 29.4 Å². The molecule has 1 fully saturated rings. The Bertz CT molecular complexity index is 1360. The molecule has 2 aliphatic heterocycles. The van der Waals surface area contributed by atoms with Gasteiger partial charge in [0.15, 0.2) is 0 Å². The lowest BCUT2D eigenvalue weighted by Gasteiger charge is -2.41. The van der Waals surface area contributed by atoms with E-state index in [1.807, 2.05) is 48.5 Å². The van der Waals surface area contributed by atoms with E-state index < -0.39 is 20.7 Å². The lowest BCUT2D eigenvalue weighted by Crippen LogP contribution is -2.54. The van der Waals surface area contributed by atoms with Gasteiger partial charge in [-0.3, -0.25) is 4.79 Å². The molecule has 2 heterocycles. The van der Waals surface area contributed by atoms with Gasteiger partial charge in [0.2, 0.25) is 15.9 Å². The average molecular weight is 486 g/mol. The van der Waals surface area contributed by atoms with Crippen molar-refractivity contribution in [1.82, 2.24) is 0 Å². The predicted octanol–water partition coefficient (Wildman–Crippen LogP) is 3.82. The zero-order chi connectivity index (χ0) is 23.3. The molecule has 0 spiro atoms. The van der Waals surface area contributed by atoms with Crippen LogP contribution in [0.2, 0.25) is 5.02 Å². The van der Waals surface area contributed by atoms with Crippen LogP contribution in [0.25, 0.3) is 11.1 Å². The highest BCUT2D eigenvalue weighted by Crippen LogP contribution is 2.36. The number of fused-ring (bicyclic) bond motifs is 1. The number of benzene rings is 3. The van der Waals surface area contributed by atoms with E-state index in [1.165, 1.54) is 6.07 Å². The lowest BCUT2D eigenvalue weighted by atomic mass is 9.96. The first-order valence-corrected chi connectivity index (χ1v) is 12.4. The first kappa shape index (κ1) is 21.9. The second-order valence-electron chi connectivity index (χ2n) is 8.32. The monoisotopic (exact) mass is 485 g/mol. The largest absolute Gasteiger partial charge is 0.370 e. The van der Waals surface area contributed by atoms with Crippen LogP contribution in [0.1, 0.15) is 5.56 Å². The van der Waals surface area contributed by atoms with Gasteiger partial charge in [-0.2, -0.15) is 0 Å². The number of halogens is 2. The highest BCUT2D eigenvalue weighted by Gasteiger charge is 2.38. The topological polar surface area (TPSA) is 83.7 Å². The summed E-state index contributed by atoms with van der Waals surface area (Å²) >= 11 is 6.28. The average Bonchev–Trinajstić information content (AvgIpc) is 3.15. The number of nitrogens with two attached hydrogens (primary N) is 1. The van der Waals surface area contributed by atoms with Crippen molar-refractivity contribution >= 4 is 38.9 Å². The summed E-state index contributed by atoms with van der Waals surface area (Å²) in [7, 11) is -4.22. The Labute approximate surface area is 196 Å². The van der Waals surface area contributed by atoms with Crippen LogP contribution < -0.4 is 14.9 Å². The van der Waals surface area contributed by atoms with Gasteiger partial charge >= 0.3 is 0 Å². The minimum Gasteiger partial charge on any atom is -0.370 e. The quantitative estimate of drug-likeness (QED) is 0.609. The van der Waals surface area contributed by atoms with Crippen LogP contribution in [0.15, 0.2) is 65.6 Å². The summed E-state index contributed by atoms with van der Waals surface area (Å²) in [6.45, 7) is 1.50. The van der Waals surface area contributed by atoms with E-state index in [0.29, 0.717) is 42.3 Å². The fraction of sp³-hybridized carbons (Fsp3) is 0.208. The maximum absolute atomic E-state index is 14.1. The van der Waals surface area contributed by atoms with Crippen LogP contribution in [0, 0.1) is 11.7 Å². The number of sulfonamides is 1. The van der Waals surface area contributed by atoms with Crippen LogP contribution >= 0.6 is 11.6 Å². The second-order valence-corrected chi connectivity index (χ2v) is 10.3. The molecule has 170 valence electrons. The number of anilines is 2. The number of hydrogen-bond donors (Lipinski definition) is 1. The van der Waals surface area contributed by atoms with Gasteiger partial charge in [0.1, 0.15) is 10.7 Å². The summed E-state index contributed by atoms with van der Waals surface area (Å²) in [5.74, 6) is -1.20. The summed E-state index contributed by atoms with van der Waals surface area (Å²) in [5, 5.41) is 5.81. The molecule has 1 saturated heterocycles. The van der Waals surface area contributed by atoms with Crippen LogP contribution in [0.5, 0.6) is 0 Å². The maximum Gasteiger partial charge on any atom is 0.241 e. The molecule has 3 aromatic carbocycles. The first-order valence-electron chi connectivity index (χ1n) is 10.5. The van der Waals surface area contributed by atoms with Crippen molar-refractivity contribution in [1.29, 1.82) is 0 Å². The molecule has 0 aromatic heterocycles. The Kier molecular flexibility index (Phi) is 5.39. The van der Waals surface area contributed by atoms with Gasteiger partial charge in [-0.15, -0.1) is 0 Å². The van der Waals surface area contributed by atoms with E-state index in [9.17, 15) is 17.6 Å². The highest BCUT2D eigenvalue weighted by molar-refractivity contribution is 7.89. The Morgan fingerprint density at radius 3 is 2.42 bits per heavy atom. The Morgan fingerprint density at radius 1 is 1.06 bits per heavy atom. The van der Waals surface area contributed by atoms with E-state index in [0.717, 1.165) is 22.9 Å². The smallest absolute Gasteiger partial charge is 0.241 e. The summed E-state index contributed by atoms with van der Waals surface area (Å²) in [5.41, 5.74) is 4.03. The minimum absolute atomic E-state index is 0.0929.